The maximum atomic E-state index is 5.63. The Bertz CT molecular complexity index is 425. The topological polar surface area (TPSA) is 56.7 Å². The lowest BCUT2D eigenvalue weighted by Crippen LogP contribution is -2.44. The first-order chi connectivity index (χ1) is 9.35. The fraction of sp³-hybridized carbons (Fsp3) is 0.867. The quantitative estimate of drug-likeness (QED) is 0.902. The monoisotopic (exact) mass is 260 g/mol. The summed E-state index contributed by atoms with van der Waals surface area (Å²) in [4.78, 5) is 0. The minimum Gasteiger partial charge on any atom is -0.330 e. The zero-order valence-corrected chi connectivity index (χ0v) is 11.5. The van der Waals surface area contributed by atoms with Gasteiger partial charge in [-0.15, -0.1) is 5.10 Å². The first kappa shape index (κ1) is 11.9. The van der Waals surface area contributed by atoms with Gasteiger partial charge in [-0.3, -0.25) is 0 Å². The maximum absolute atomic E-state index is 5.63. The van der Waals surface area contributed by atoms with Crippen molar-refractivity contribution in [2.24, 2.45) is 29.4 Å². The van der Waals surface area contributed by atoms with Crippen LogP contribution >= 0.6 is 0 Å². The van der Waals surface area contributed by atoms with E-state index in [0.717, 1.165) is 49.1 Å². The summed E-state index contributed by atoms with van der Waals surface area (Å²) in [5.74, 6) is 4.62. The minimum atomic E-state index is 0.737. The number of hydrogen-bond acceptors (Lipinski definition) is 3. The summed E-state index contributed by atoms with van der Waals surface area (Å²) in [6.07, 6.45) is 10.4. The molecule has 1 aromatic heterocycles. The molecule has 2 N–H and O–H groups in total. The fourth-order valence-electron chi connectivity index (χ4n) is 5.35. The van der Waals surface area contributed by atoms with Crippen LogP contribution < -0.4 is 5.73 Å². The second kappa shape index (κ2) is 4.58. The molecule has 0 atom stereocenters. The SMILES string of the molecule is NCCCn1nncc1C1C2CC3CC(C2)CC1C3. The second-order valence-corrected chi connectivity index (χ2v) is 6.98. The van der Waals surface area contributed by atoms with E-state index in [2.05, 4.69) is 15.0 Å². The highest BCUT2D eigenvalue weighted by molar-refractivity contribution is 5.14. The fourth-order valence-corrected chi connectivity index (χ4v) is 5.35. The van der Waals surface area contributed by atoms with Crippen molar-refractivity contribution in [3.8, 4) is 0 Å². The molecule has 0 spiro atoms. The van der Waals surface area contributed by atoms with Crippen LogP contribution in [-0.2, 0) is 6.54 Å². The predicted molar refractivity (Wildman–Crippen MR) is 73.5 cm³/mol. The molecular weight excluding hydrogens is 236 g/mol. The molecule has 4 bridgehead atoms. The van der Waals surface area contributed by atoms with E-state index in [1.165, 1.54) is 37.8 Å². The van der Waals surface area contributed by atoms with Gasteiger partial charge < -0.3 is 5.73 Å². The Balaban J connectivity index is 1.60. The van der Waals surface area contributed by atoms with Crippen LogP contribution in [0.15, 0.2) is 6.20 Å². The zero-order chi connectivity index (χ0) is 12.8. The number of aromatic nitrogens is 3. The van der Waals surface area contributed by atoms with E-state index < -0.39 is 0 Å². The Morgan fingerprint density at radius 1 is 1.11 bits per heavy atom. The van der Waals surface area contributed by atoms with Crippen molar-refractivity contribution < 1.29 is 0 Å². The number of hydrogen-bond donors (Lipinski definition) is 1. The smallest absolute Gasteiger partial charge is 0.0728 e. The molecule has 4 fully saturated rings. The molecule has 4 aliphatic rings. The van der Waals surface area contributed by atoms with E-state index >= 15 is 0 Å². The summed E-state index contributed by atoms with van der Waals surface area (Å²) in [5, 5.41) is 8.48. The third-order valence-electron chi connectivity index (χ3n) is 5.79. The molecule has 0 saturated heterocycles. The Morgan fingerprint density at radius 3 is 2.42 bits per heavy atom. The molecule has 104 valence electrons. The first-order valence-electron chi connectivity index (χ1n) is 7.93. The molecule has 5 rings (SSSR count). The molecule has 0 aromatic carbocycles. The molecule has 0 radical (unpaired) electrons. The molecule has 4 saturated carbocycles. The lowest BCUT2D eigenvalue weighted by molar-refractivity contribution is -0.00566. The molecule has 19 heavy (non-hydrogen) atoms. The summed E-state index contributed by atoms with van der Waals surface area (Å²) >= 11 is 0. The Morgan fingerprint density at radius 2 is 1.79 bits per heavy atom. The van der Waals surface area contributed by atoms with Crippen molar-refractivity contribution in [3.05, 3.63) is 11.9 Å². The van der Waals surface area contributed by atoms with Gasteiger partial charge in [-0.1, -0.05) is 5.21 Å². The number of aryl methyl sites for hydroxylation is 1. The van der Waals surface area contributed by atoms with Crippen molar-refractivity contribution in [1.29, 1.82) is 0 Å². The Labute approximate surface area is 114 Å². The third-order valence-corrected chi connectivity index (χ3v) is 5.79. The van der Waals surface area contributed by atoms with Gasteiger partial charge >= 0.3 is 0 Å². The van der Waals surface area contributed by atoms with Gasteiger partial charge in [0, 0.05) is 12.5 Å². The van der Waals surface area contributed by atoms with Crippen LogP contribution in [0.4, 0.5) is 0 Å². The summed E-state index contributed by atoms with van der Waals surface area (Å²) < 4.78 is 2.14. The normalized spacial score (nSPS) is 39.9. The van der Waals surface area contributed by atoms with Gasteiger partial charge in [0.1, 0.15) is 0 Å². The summed E-state index contributed by atoms with van der Waals surface area (Å²) in [5.41, 5.74) is 7.03. The van der Waals surface area contributed by atoms with Gasteiger partial charge in [0.05, 0.1) is 11.9 Å². The van der Waals surface area contributed by atoms with Crippen molar-refractivity contribution in [1.82, 2.24) is 15.0 Å². The summed E-state index contributed by atoms with van der Waals surface area (Å²) in [6, 6.07) is 0. The number of nitrogens with zero attached hydrogens (tertiary/aromatic N) is 3. The lowest BCUT2D eigenvalue weighted by Gasteiger charge is -2.54. The molecule has 4 nitrogen and oxygen atoms in total. The minimum absolute atomic E-state index is 0.737. The Hall–Kier alpha value is -0.900. The molecule has 1 heterocycles. The Kier molecular flexibility index (Phi) is 2.87. The van der Waals surface area contributed by atoms with E-state index in [1.54, 1.807) is 0 Å². The largest absolute Gasteiger partial charge is 0.330 e. The summed E-state index contributed by atoms with van der Waals surface area (Å²) in [7, 11) is 0. The molecule has 4 aliphatic carbocycles. The van der Waals surface area contributed by atoms with Gasteiger partial charge in [0.2, 0.25) is 0 Å². The molecule has 0 amide bonds. The number of nitrogens with two attached hydrogens (primary N) is 1. The van der Waals surface area contributed by atoms with Gasteiger partial charge in [-0.2, -0.15) is 0 Å². The summed E-state index contributed by atoms with van der Waals surface area (Å²) in [6.45, 7) is 1.68. The van der Waals surface area contributed by atoms with E-state index in [9.17, 15) is 0 Å². The van der Waals surface area contributed by atoms with E-state index in [4.69, 9.17) is 5.73 Å². The standard InChI is InChI=1S/C15H24N4/c16-2-1-3-19-14(9-17-18-19)15-12-5-10-4-11(7-12)8-13(15)6-10/h9-13,15H,1-8,16H2. The van der Waals surface area contributed by atoms with Gasteiger partial charge in [-0.25, -0.2) is 4.68 Å². The van der Waals surface area contributed by atoms with Crippen LogP contribution in [0.3, 0.4) is 0 Å². The third kappa shape index (κ3) is 1.92. The highest BCUT2D eigenvalue weighted by Gasteiger charge is 2.49. The van der Waals surface area contributed by atoms with Crippen LogP contribution in [0, 0.1) is 23.7 Å². The van der Waals surface area contributed by atoms with Crippen molar-refractivity contribution >= 4 is 0 Å². The highest BCUT2D eigenvalue weighted by Crippen LogP contribution is 2.59. The molecule has 0 unspecified atom stereocenters. The predicted octanol–water partition coefficient (Wildman–Crippen LogP) is 2.17. The van der Waals surface area contributed by atoms with Crippen LogP contribution in [0.5, 0.6) is 0 Å². The van der Waals surface area contributed by atoms with Crippen molar-refractivity contribution in [2.45, 2.75) is 51.0 Å². The van der Waals surface area contributed by atoms with Gasteiger partial charge in [0.25, 0.3) is 0 Å². The average molecular weight is 260 g/mol. The maximum Gasteiger partial charge on any atom is 0.0728 e. The van der Waals surface area contributed by atoms with Crippen LogP contribution in [0.2, 0.25) is 0 Å². The van der Waals surface area contributed by atoms with Crippen LogP contribution in [-0.4, -0.2) is 21.5 Å². The zero-order valence-electron chi connectivity index (χ0n) is 11.5. The van der Waals surface area contributed by atoms with Crippen LogP contribution in [0.25, 0.3) is 0 Å². The average Bonchev–Trinajstić information content (AvgIpc) is 2.83. The van der Waals surface area contributed by atoms with Crippen LogP contribution in [0.1, 0.15) is 50.1 Å². The second-order valence-electron chi connectivity index (χ2n) is 6.98. The van der Waals surface area contributed by atoms with Gasteiger partial charge in [-0.05, 0) is 68.7 Å². The molecule has 4 heteroatoms. The van der Waals surface area contributed by atoms with Gasteiger partial charge in [0.15, 0.2) is 0 Å². The highest BCUT2D eigenvalue weighted by atomic mass is 15.4. The van der Waals surface area contributed by atoms with Crippen molar-refractivity contribution in [3.63, 3.8) is 0 Å². The first-order valence-corrected chi connectivity index (χ1v) is 7.93. The van der Waals surface area contributed by atoms with Crippen molar-refractivity contribution in [2.75, 3.05) is 6.54 Å². The molecule has 1 aromatic rings. The molecule has 0 aliphatic heterocycles. The van der Waals surface area contributed by atoms with E-state index in [1.807, 2.05) is 6.20 Å². The van der Waals surface area contributed by atoms with E-state index in [-0.39, 0.29) is 0 Å². The van der Waals surface area contributed by atoms with E-state index in [0.29, 0.717) is 0 Å². The lowest BCUT2D eigenvalue weighted by atomic mass is 9.51. The number of rotatable bonds is 4. The molecular formula is C15H24N4.